The topological polar surface area (TPSA) is 68.8 Å². The minimum absolute atomic E-state index is 0.159. The van der Waals surface area contributed by atoms with E-state index in [9.17, 15) is 0 Å². The molecule has 0 saturated carbocycles. The van der Waals surface area contributed by atoms with Crippen LogP contribution in [0.15, 0.2) is 33.6 Å². The maximum Gasteiger partial charge on any atom is 0.0905 e. The van der Waals surface area contributed by atoms with E-state index in [0.717, 1.165) is 33.2 Å². The number of nitrogens with zero attached hydrogens (tertiary/aromatic N) is 3. The number of hydrogen-bond acceptors (Lipinski definition) is 4. The third-order valence-corrected chi connectivity index (χ3v) is 3.81. The number of rotatable bonds is 5. The monoisotopic (exact) mass is 387 g/mol. The first-order valence-electron chi connectivity index (χ1n) is 5.95. The van der Waals surface area contributed by atoms with Gasteiger partial charge in [0.15, 0.2) is 0 Å². The van der Waals surface area contributed by atoms with Crippen molar-refractivity contribution in [3.63, 3.8) is 0 Å². The van der Waals surface area contributed by atoms with Crippen LogP contribution in [0.1, 0.15) is 30.6 Å². The predicted octanol–water partition coefficient (Wildman–Crippen LogP) is 2.77. The van der Waals surface area contributed by atoms with E-state index >= 15 is 0 Å². The Balaban J connectivity index is 2.44. The number of hydrazine groups is 1. The minimum atomic E-state index is -0.159. The average molecular weight is 389 g/mol. The first-order valence-corrected chi connectivity index (χ1v) is 7.53. The summed E-state index contributed by atoms with van der Waals surface area (Å²) in [5.74, 6) is 5.72. The van der Waals surface area contributed by atoms with Gasteiger partial charge in [-0.15, -0.1) is 0 Å². The number of pyridine rings is 1. The summed E-state index contributed by atoms with van der Waals surface area (Å²) in [4.78, 5) is 4.18. The third-order valence-electron chi connectivity index (χ3n) is 2.77. The summed E-state index contributed by atoms with van der Waals surface area (Å²) in [6.07, 6.45) is 6.34. The molecule has 0 amide bonds. The molecule has 0 radical (unpaired) electrons. The number of aromatic nitrogens is 3. The normalized spacial score (nSPS) is 12.6. The summed E-state index contributed by atoms with van der Waals surface area (Å²) >= 11 is 6.96. The van der Waals surface area contributed by atoms with Gasteiger partial charge in [-0.3, -0.25) is 15.5 Å². The lowest BCUT2D eigenvalue weighted by Crippen LogP contribution is -2.31. The van der Waals surface area contributed by atoms with Crippen LogP contribution in [0.25, 0.3) is 0 Å². The SMILES string of the molecule is CCCn1ncc(Br)c1C(NN)c1cncc(Br)c1. The highest BCUT2D eigenvalue weighted by Crippen LogP contribution is 2.29. The van der Waals surface area contributed by atoms with Crippen LogP contribution in [0.4, 0.5) is 0 Å². The van der Waals surface area contributed by atoms with Gasteiger partial charge in [-0.1, -0.05) is 6.92 Å². The molecule has 7 heteroatoms. The van der Waals surface area contributed by atoms with Crippen molar-refractivity contribution in [2.45, 2.75) is 25.9 Å². The summed E-state index contributed by atoms with van der Waals surface area (Å²) in [5, 5.41) is 4.36. The summed E-state index contributed by atoms with van der Waals surface area (Å²) in [6, 6.07) is 1.83. The molecule has 102 valence electrons. The molecule has 0 fully saturated rings. The molecule has 2 aromatic rings. The van der Waals surface area contributed by atoms with E-state index in [1.165, 1.54) is 0 Å². The van der Waals surface area contributed by atoms with Crippen molar-refractivity contribution >= 4 is 31.9 Å². The predicted molar refractivity (Wildman–Crippen MR) is 81.3 cm³/mol. The lowest BCUT2D eigenvalue weighted by atomic mass is 10.1. The van der Waals surface area contributed by atoms with Crippen LogP contribution >= 0.6 is 31.9 Å². The molecule has 0 saturated heterocycles. The third kappa shape index (κ3) is 3.22. The molecule has 0 aliphatic rings. The van der Waals surface area contributed by atoms with E-state index in [-0.39, 0.29) is 6.04 Å². The highest BCUT2D eigenvalue weighted by atomic mass is 79.9. The average Bonchev–Trinajstić information content (AvgIpc) is 2.74. The number of nitrogens with one attached hydrogen (secondary N) is 1. The van der Waals surface area contributed by atoms with E-state index in [0.29, 0.717) is 0 Å². The molecular formula is C12H15Br2N5. The van der Waals surface area contributed by atoms with Crippen molar-refractivity contribution in [3.8, 4) is 0 Å². The van der Waals surface area contributed by atoms with Gasteiger partial charge >= 0.3 is 0 Å². The Kier molecular flexibility index (Phi) is 5.09. The fourth-order valence-electron chi connectivity index (χ4n) is 1.97. The Labute approximate surface area is 128 Å². The molecule has 0 bridgehead atoms. The van der Waals surface area contributed by atoms with Gasteiger partial charge in [0.2, 0.25) is 0 Å². The molecule has 3 N–H and O–H groups in total. The maximum atomic E-state index is 5.72. The van der Waals surface area contributed by atoms with Crippen molar-refractivity contribution in [3.05, 3.63) is 44.9 Å². The Morgan fingerprint density at radius 1 is 1.37 bits per heavy atom. The summed E-state index contributed by atoms with van der Waals surface area (Å²) in [5.41, 5.74) is 4.82. The number of hydrogen-bond donors (Lipinski definition) is 2. The van der Waals surface area contributed by atoms with Crippen LogP contribution in [0.3, 0.4) is 0 Å². The second-order valence-corrected chi connectivity index (χ2v) is 5.91. The van der Waals surface area contributed by atoms with Gasteiger partial charge in [0, 0.05) is 23.4 Å². The Hall–Kier alpha value is -0.760. The summed E-state index contributed by atoms with van der Waals surface area (Å²) in [6.45, 7) is 2.96. The Morgan fingerprint density at radius 3 is 2.79 bits per heavy atom. The second kappa shape index (κ2) is 6.60. The zero-order valence-corrected chi connectivity index (χ0v) is 13.6. The molecule has 5 nitrogen and oxygen atoms in total. The molecule has 19 heavy (non-hydrogen) atoms. The van der Waals surface area contributed by atoms with Crippen molar-refractivity contribution in [2.75, 3.05) is 0 Å². The fourth-order valence-corrected chi connectivity index (χ4v) is 2.88. The molecule has 2 heterocycles. The molecule has 2 aromatic heterocycles. The highest BCUT2D eigenvalue weighted by Gasteiger charge is 2.21. The molecule has 0 aromatic carbocycles. The summed E-state index contributed by atoms with van der Waals surface area (Å²) < 4.78 is 3.81. The fraction of sp³-hybridized carbons (Fsp3) is 0.333. The van der Waals surface area contributed by atoms with Crippen LogP contribution in [-0.2, 0) is 6.54 Å². The minimum Gasteiger partial charge on any atom is -0.271 e. The van der Waals surface area contributed by atoms with Gasteiger partial charge in [-0.2, -0.15) is 5.10 Å². The van der Waals surface area contributed by atoms with E-state index in [1.54, 1.807) is 18.6 Å². The van der Waals surface area contributed by atoms with Gasteiger partial charge in [-0.25, -0.2) is 5.43 Å². The maximum absolute atomic E-state index is 5.72. The van der Waals surface area contributed by atoms with Crippen molar-refractivity contribution in [2.24, 2.45) is 5.84 Å². The van der Waals surface area contributed by atoms with E-state index in [1.807, 2.05) is 10.7 Å². The van der Waals surface area contributed by atoms with Crippen molar-refractivity contribution in [1.29, 1.82) is 0 Å². The Bertz CT molecular complexity index is 555. The van der Waals surface area contributed by atoms with Gasteiger partial charge in [0.25, 0.3) is 0 Å². The number of aryl methyl sites for hydroxylation is 1. The molecule has 0 aliphatic heterocycles. The van der Waals surface area contributed by atoms with E-state index < -0.39 is 0 Å². The van der Waals surface area contributed by atoms with Gasteiger partial charge in [0.05, 0.1) is 22.4 Å². The van der Waals surface area contributed by atoms with E-state index in [4.69, 9.17) is 5.84 Å². The van der Waals surface area contributed by atoms with Gasteiger partial charge < -0.3 is 0 Å². The van der Waals surface area contributed by atoms with Crippen molar-refractivity contribution in [1.82, 2.24) is 20.2 Å². The zero-order valence-electron chi connectivity index (χ0n) is 10.5. The van der Waals surface area contributed by atoms with Gasteiger partial charge in [0.1, 0.15) is 0 Å². The van der Waals surface area contributed by atoms with Crippen LogP contribution < -0.4 is 11.3 Å². The van der Waals surface area contributed by atoms with Crippen molar-refractivity contribution < 1.29 is 0 Å². The quantitative estimate of drug-likeness (QED) is 0.610. The molecule has 0 spiro atoms. The van der Waals surface area contributed by atoms with Crippen LogP contribution in [-0.4, -0.2) is 14.8 Å². The molecule has 1 unspecified atom stereocenters. The molecule has 1 atom stereocenters. The number of halogens is 2. The van der Waals surface area contributed by atoms with Gasteiger partial charge in [-0.05, 0) is 49.9 Å². The zero-order chi connectivity index (χ0) is 13.8. The van der Waals surface area contributed by atoms with E-state index in [2.05, 4.69) is 54.3 Å². The molecule has 2 rings (SSSR count). The largest absolute Gasteiger partial charge is 0.271 e. The molecular weight excluding hydrogens is 374 g/mol. The highest BCUT2D eigenvalue weighted by molar-refractivity contribution is 9.10. The lowest BCUT2D eigenvalue weighted by Gasteiger charge is -2.18. The first kappa shape index (κ1) is 14.6. The lowest BCUT2D eigenvalue weighted by molar-refractivity contribution is 0.519. The Morgan fingerprint density at radius 2 is 2.16 bits per heavy atom. The second-order valence-electron chi connectivity index (χ2n) is 4.14. The standard InChI is InChI=1S/C12H15Br2N5/c1-2-3-19-12(10(14)7-17-19)11(18-15)8-4-9(13)6-16-5-8/h4-7,11,18H,2-3,15H2,1H3. The van der Waals surface area contributed by atoms with Crippen LogP contribution in [0, 0.1) is 0 Å². The number of nitrogens with two attached hydrogens (primary N) is 1. The summed E-state index contributed by atoms with van der Waals surface area (Å²) in [7, 11) is 0. The molecule has 0 aliphatic carbocycles. The van der Waals surface area contributed by atoms with Crippen LogP contribution in [0.5, 0.6) is 0 Å². The van der Waals surface area contributed by atoms with Crippen LogP contribution in [0.2, 0.25) is 0 Å². The smallest absolute Gasteiger partial charge is 0.0905 e. The first-order chi connectivity index (χ1) is 9.17.